The second-order valence-corrected chi connectivity index (χ2v) is 5.38. The molecule has 0 aliphatic heterocycles. The fraction of sp³-hybridized carbons (Fsp3) is 0.312. The topological polar surface area (TPSA) is 70.0 Å². The molecule has 0 spiro atoms. The van der Waals surface area contributed by atoms with Gasteiger partial charge in [-0.2, -0.15) is 0 Å². The molecule has 2 aromatic rings. The summed E-state index contributed by atoms with van der Waals surface area (Å²) in [6, 6.07) is 6.79. The molecule has 7 heteroatoms. The van der Waals surface area contributed by atoms with Crippen molar-refractivity contribution in [3.63, 3.8) is 0 Å². The molecule has 0 saturated carbocycles. The summed E-state index contributed by atoms with van der Waals surface area (Å²) in [5.74, 6) is -0.375. The minimum atomic E-state index is -0.837. The van der Waals surface area contributed by atoms with Crippen molar-refractivity contribution in [3.8, 4) is 5.75 Å². The van der Waals surface area contributed by atoms with Gasteiger partial charge in [0.25, 0.3) is 0 Å². The van der Waals surface area contributed by atoms with E-state index in [1.54, 1.807) is 51.2 Å². The molecule has 1 unspecified atom stereocenters. The number of fused-ring (bicyclic) bond motifs is 1. The number of halogens is 1. The third-order valence-corrected chi connectivity index (χ3v) is 3.22. The van der Waals surface area contributed by atoms with Crippen LogP contribution in [-0.2, 0) is 14.5 Å². The number of benzene rings is 1. The van der Waals surface area contributed by atoms with E-state index < -0.39 is 12.1 Å². The van der Waals surface area contributed by atoms with Crippen molar-refractivity contribution in [1.82, 2.24) is 4.98 Å². The van der Waals surface area contributed by atoms with Crippen molar-refractivity contribution in [1.29, 1.82) is 0 Å². The zero-order valence-corrected chi connectivity index (χ0v) is 13.8. The maximum atomic E-state index is 12.0. The number of carbonyl (C=O) groups is 1. The largest absolute Gasteiger partial charge is 0.398 e. The molecule has 2 rings (SSSR count). The van der Waals surface area contributed by atoms with Crippen molar-refractivity contribution in [2.24, 2.45) is 5.16 Å². The Morgan fingerprint density at radius 3 is 2.83 bits per heavy atom. The van der Waals surface area contributed by atoms with Gasteiger partial charge in [0.1, 0.15) is 5.52 Å². The molecule has 0 bridgehead atoms. The Bertz CT molecular complexity index is 729. The molecular formula is C16H17ClN2O4. The van der Waals surface area contributed by atoms with Gasteiger partial charge >= 0.3 is 5.97 Å². The molecule has 0 saturated heterocycles. The third-order valence-electron chi connectivity index (χ3n) is 2.89. The summed E-state index contributed by atoms with van der Waals surface area (Å²) in [5.41, 5.74) is 1.20. The maximum absolute atomic E-state index is 12.0. The minimum absolute atomic E-state index is 0.295. The first-order valence-corrected chi connectivity index (χ1v) is 7.49. The van der Waals surface area contributed by atoms with Crippen molar-refractivity contribution in [2.75, 3.05) is 0 Å². The van der Waals surface area contributed by atoms with Gasteiger partial charge in [0.15, 0.2) is 0 Å². The van der Waals surface area contributed by atoms with E-state index in [4.69, 9.17) is 26.2 Å². The quantitative estimate of drug-likeness (QED) is 0.454. The molecule has 1 aromatic carbocycles. The lowest BCUT2D eigenvalue weighted by Crippen LogP contribution is -2.25. The zero-order chi connectivity index (χ0) is 16.8. The fourth-order valence-corrected chi connectivity index (χ4v) is 1.99. The Kier molecular flexibility index (Phi) is 5.76. The lowest BCUT2D eigenvalue weighted by molar-refractivity contribution is -0.225. The van der Waals surface area contributed by atoms with E-state index in [1.807, 2.05) is 0 Å². The van der Waals surface area contributed by atoms with Crippen LogP contribution in [0.3, 0.4) is 0 Å². The molecule has 1 heterocycles. The van der Waals surface area contributed by atoms with E-state index >= 15 is 0 Å². The second-order valence-electron chi connectivity index (χ2n) is 4.97. The number of oxime groups is 1. The molecule has 6 nitrogen and oxygen atoms in total. The summed E-state index contributed by atoms with van der Waals surface area (Å²) in [5, 5.41) is 5.01. The number of hydrogen-bond acceptors (Lipinski definition) is 6. The Labute approximate surface area is 138 Å². The highest BCUT2D eigenvalue weighted by atomic mass is 35.5. The van der Waals surface area contributed by atoms with Crippen LogP contribution in [-0.4, -0.2) is 22.8 Å². The first kappa shape index (κ1) is 17.0. The summed E-state index contributed by atoms with van der Waals surface area (Å²) >= 11 is 6.10. The van der Waals surface area contributed by atoms with Crippen LogP contribution >= 0.6 is 11.6 Å². The van der Waals surface area contributed by atoms with Crippen LogP contribution in [0.5, 0.6) is 5.75 Å². The van der Waals surface area contributed by atoms with Crippen LogP contribution in [0.15, 0.2) is 35.6 Å². The fourth-order valence-electron chi connectivity index (χ4n) is 1.77. The van der Waals surface area contributed by atoms with Gasteiger partial charge in [0.05, 0.1) is 10.7 Å². The summed E-state index contributed by atoms with van der Waals surface area (Å²) in [6.07, 6.45) is 1.17. The second kappa shape index (κ2) is 7.78. The van der Waals surface area contributed by atoms with Gasteiger partial charge in [-0.1, -0.05) is 23.7 Å². The first-order chi connectivity index (χ1) is 11.0. The molecule has 1 aromatic heterocycles. The summed E-state index contributed by atoms with van der Waals surface area (Å²) < 4.78 is 0. The molecule has 0 N–H and O–H groups in total. The summed E-state index contributed by atoms with van der Waals surface area (Å²) in [6.45, 7) is 5.31. The number of pyridine rings is 1. The molecular weight excluding hydrogens is 320 g/mol. The van der Waals surface area contributed by atoms with E-state index in [0.717, 1.165) is 0 Å². The standard InChI is InChI=1S/C16H17ClN2O4/c1-4-13(21-19-10(2)3)16(20)23-22-14-8-7-12(17)11-6-5-9-18-15(11)14/h5-9,13H,4H2,1-3H3. The van der Waals surface area contributed by atoms with E-state index in [2.05, 4.69) is 10.1 Å². The highest BCUT2D eigenvalue weighted by Gasteiger charge is 2.22. The first-order valence-electron chi connectivity index (χ1n) is 7.11. The van der Waals surface area contributed by atoms with E-state index in [9.17, 15) is 4.79 Å². The van der Waals surface area contributed by atoms with Gasteiger partial charge in [-0.15, -0.1) is 0 Å². The molecule has 122 valence electrons. The van der Waals surface area contributed by atoms with Gasteiger partial charge in [-0.3, -0.25) is 9.87 Å². The predicted octanol–water partition coefficient (Wildman–Crippen LogP) is 3.92. The van der Waals surface area contributed by atoms with E-state index in [-0.39, 0.29) is 0 Å². The number of carbonyl (C=O) groups excluding carboxylic acids is 1. The van der Waals surface area contributed by atoms with Gasteiger partial charge in [-0.05, 0) is 44.5 Å². The number of hydrogen-bond donors (Lipinski definition) is 0. The minimum Gasteiger partial charge on any atom is -0.380 e. The molecule has 0 amide bonds. The highest BCUT2D eigenvalue weighted by molar-refractivity contribution is 6.35. The Hall–Kier alpha value is -2.34. The van der Waals surface area contributed by atoms with Crippen LogP contribution in [0.2, 0.25) is 5.02 Å². The van der Waals surface area contributed by atoms with Gasteiger partial charge in [0.2, 0.25) is 11.9 Å². The molecule has 0 aliphatic carbocycles. The predicted molar refractivity (Wildman–Crippen MR) is 87.4 cm³/mol. The third kappa shape index (κ3) is 4.32. The van der Waals surface area contributed by atoms with Crippen LogP contribution in [0, 0.1) is 0 Å². The molecule has 23 heavy (non-hydrogen) atoms. The van der Waals surface area contributed by atoms with Crippen molar-refractivity contribution in [3.05, 3.63) is 35.5 Å². The zero-order valence-electron chi connectivity index (χ0n) is 13.1. The molecule has 0 aliphatic rings. The van der Waals surface area contributed by atoms with Gasteiger partial charge < -0.3 is 4.84 Å². The van der Waals surface area contributed by atoms with Crippen LogP contribution in [0.4, 0.5) is 0 Å². The van der Waals surface area contributed by atoms with Gasteiger partial charge in [0, 0.05) is 11.6 Å². The normalized spacial score (nSPS) is 11.7. The lowest BCUT2D eigenvalue weighted by Gasteiger charge is -2.12. The number of nitrogens with zero attached hydrogens (tertiary/aromatic N) is 2. The number of rotatable bonds is 6. The highest BCUT2D eigenvalue weighted by Crippen LogP contribution is 2.29. The average Bonchev–Trinajstić information content (AvgIpc) is 2.55. The Morgan fingerprint density at radius 1 is 1.35 bits per heavy atom. The maximum Gasteiger partial charge on any atom is 0.398 e. The van der Waals surface area contributed by atoms with Crippen LogP contribution < -0.4 is 4.89 Å². The van der Waals surface area contributed by atoms with Crippen molar-refractivity contribution < 1.29 is 19.4 Å². The molecule has 1 atom stereocenters. The van der Waals surface area contributed by atoms with Crippen molar-refractivity contribution >= 4 is 34.2 Å². The monoisotopic (exact) mass is 336 g/mol. The van der Waals surface area contributed by atoms with Crippen molar-refractivity contribution in [2.45, 2.75) is 33.3 Å². The van der Waals surface area contributed by atoms with E-state index in [1.165, 1.54) is 0 Å². The van der Waals surface area contributed by atoms with Gasteiger partial charge in [-0.25, -0.2) is 9.68 Å². The lowest BCUT2D eigenvalue weighted by atomic mass is 10.2. The smallest absolute Gasteiger partial charge is 0.380 e. The summed E-state index contributed by atoms with van der Waals surface area (Å²) in [4.78, 5) is 31.2. The SMILES string of the molecule is CCC(ON=C(C)C)C(=O)OOc1ccc(Cl)c2cccnc12. The average molecular weight is 337 g/mol. The van der Waals surface area contributed by atoms with E-state index in [0.29, 0.717) is 33.8 Å². The summed E-state index contributed by atoms with van der Waals surface area (Å²) in [7, 11) is 0. The Morgan fingerprint density at radius 2 is 2.13 bits per heavy atom. The van der Waals surface area contributed by atoms with Crippen LogP contribution in [0.1, 0.15) is 27.2 Å². The number of aromatic nitrogens is 1. The Balaban J connectivity index is 2.10. The molecule has 0 radical (unpaired) electrons. The van der Waals surface area contributed by atoms with Crippen LogP contribution in [0.25, 0.3) is 10.9 Å². The molecule has 0 fully saturated rings.